The zero-order valence-corrected chi connectivity index (χ0v) is 11.6. The number of aromatic nitrogens is 2. The Bertz CT molecular complexity index is 705. The van der Waals surface area contributed by atoms with Crippen molar-refractivity contribution in [2.75, 3.05) is 6.26 Å². The van der Waals surface area contributed by atoms with E-state index in [1.54, 1.807) is 36.0 Å². The van der Waals surface area contributed by atoms with Crippen molar-refractivity contribution in [3.8, 4) is 28.6 Å². The van der Waals surface area contributed by atoms with Gasteiger partial charge in [-0.3, -0.25) is 0 Å². The number of phenols is 1. The van der Waals surface area contributed by atoms with Gasteiger partial charge in [0, 0.05) is 16.0 Å². The normalized spacial score (nSPS) is 10.7. The summed E-state index contributed by atoms with van der Waals surface area (Å²) in [5.74, 6) is 1.20. The van der Waals surface area contributed by atoms with Gasteiger partial charge in [-0.05, 0) is 54.8 Å². The SMILES string of the molecule is CSc1ccc(-c2noc(-c3ccc(O)cc3)n2)cc1. The van der Waals surface area contributed by atoms with E-state index in [9.17, 15) is 5.11 Å². The van der Waals surface area contributed by atoms with Gasteiger partial charge in [-0.1, -0.05) is 5.16 Å². The first-order valence-corrected chi connectivity index (χ1v) is 7.26. The fourth-order valence-electron chi connectivity index (χ4n) is 1.80. The zero-order valence-electron chi connectivity index (χ0n) is 10.8. The van der Waals surface area contributed by atoms with Crippen molar-refractivity contribution in [1.29, 1.82) is 0 Å². The third-order valence-electron chi connectivity index (χ3n) is 2.89. The Balaban J connectivity index is 1.91. The van der Waals surface area contributed by atoms with E-state index in [0.29, 0.717) is 11.7 Å². The summed E-state index contributed by atoms with van der Waals surface area (Å²) in [4.78, 5) is 5.56. The predicted molar refractivity (Wildman–Crippen MR) is 78.6 cm³/mol. The van der Waals surface area contributed by atoms with Gasteiger partial charge in [0.25, 0.3) is 5.89 Å². The minimum absolute atomic E-state index is 0.209. The van der Waals surface area contributed by atoms with E-state index in [4.69, 9.17) is 4.52 Å². The van der Waals surface area contributed by atoms with E-state index in [0.717, 1.165) is 11.1 Å². The monoisotopic (exact) mass is 284 g/mol. The van der Waals surface area contributed by atoms with Crippen LogP contribution >= 0.6 is 11.8 Å². The van der Waals surface area contributed by atoms with Crippen molar-refractivity contribution in [3.63, 3.8) is 0 Å². The number of hydrogen-bond acceptors (Lipinski definition) is 5. The van der Waals surface area contributed by atoms with Crippen LogP contribution in [0.15, 0.2) is 57.9 Å². The quantitative estimate of drug-likeness (QED) is 0.741. The summed E-state index contributed by atoms with van der Waals surface area (Å²) in [6.45, 7) is 0. The molecule has 0 fully saturated rings. The average Bonchev–Trinajstić information content (AvgIpc) is 2.98. The number of thioether (sulfide) groups is 1. The summed E-state index contributed by atoms with van der Waals surface area (Å²) in [6.07, 6.45) is 2.03. The fourth-order valence-corrected chi connectivity index (χ4v) is 2.21. The van der Waals surface area contributed by atoms with Gasteiger partial charge in [-0.2, -0.15) is 4.98 Å². The molecular formula is C15H12N2O2S. The number of benzene rings is 2. The number of nitrogens with zero attached hydrogens (tertiary/aromatic N) is 2. The Hall–Kier alpha value is -2.27. The molecule has 100 valence electrons. The molecule has 3 rings (SSSR count). The van der Waals surface area contributed by atoms with Gasteiger partial charge in [0.05, 0.1) is 0 Å². The standard InChI is InChI=1S/C15H12N2O2S/c1-20-13-8-4-10(5-9-13)14-16-15(19-17-14)11-2-6-12(18)7-3-11/h2-9,18H,1H3. The molecule has 0 aliphatic heterocycles. The van der Waals surface area contributed by atoms with E-state index in [-0.39, 0.29) is 5.75 Å². The minimum atomic E-state index is 0.209. The molecule has 0 radical (unpaired) electrons. The average molecular weight is 284 g/mol. The molecular weight excluding hydrogens is 272 g/mol. The molecule has 0 spiro atoms. The number of aromatic hydroxyl groups is 1. The topological polar surface area (TPSA) is 59.2 Å². The predicted octanol–water partition coefficient (Wildman–Crippen LogP) is 3.83. The van der Waals surface area contributed by atoms with Gasteiger partial charge in [0.2, 0.25) is 5.82 Å². The Labute approximate surface area is 120 Å². The van der Waals surface area contributed by atoms with E-state index in [1.165, 1.54) is 4.90 Å². The summed E-state index contributed by atoms with van der Waals surface area (Å²) in [7, 11) is 0. The summed E-state index contributed by atoms with van der Waals surface area (Å²) in [6, 6.07) is 14.6. The molecule has 0 unspecified atom stereocenters. The molecule has 0 saturated carbocycles. The molecule has 1 aromatic heterocycles. The zero-order chi connectivity index (χ0) is 13.9. The highest BCUT2D eigenvalue weighted by atomic mass is 32.2. The van der Waals surface area contributed by atoms with Gasteiger partial charge in [0.1, 0.15) is 5.75 Å². The number of phenolic OH excluding ortho intramolecular Hbond substituents is 1. The first-order chi connectivity index (χ1) is 9.76. The third kappa shape index (κ3) is 2.53. The lowest BCUT2D eigenvalue weighted by Crippen LogP contribution is -1.81. The van der Waals surface area contributed by atoms with Crippen LogP contribution in [0.1, 0.15) is 0 Å². The Morgan fingerprint density at radius 2 is 1.60 bits per heavy atom. The maximum atomic E-state index is 9.27. The summed E-state index contributed by atoms with van der Waals surface area (Å²) in [5.41, 5.74) is 1.69. The van der Waals surface area contributed by atoms with E-state index in [1.807, 2.05) is 30.5 Å². The maximum absolute atomic E-state index is 9.27. The molecule has 4 nitrogen and oxygen atoms in total. The minimum Gasteiger partial charge on any atom is -0.508 e. The van der Waals surface area contributed by atoms with Crippen LogP contribution in [0, 0.1) is 0 Å². The van der Waals surface area contributed by atoms with Crippen LogP contribution in [0.3, 0.4) is 0 Å². The summed E-state index contributed by atoms with van der Waals surface area (Å²) in [5, 5.41) is 13.3. The number of hydrogen-bond donors (Lipinski definition) is 1. The summed E-state index contributed by atoms with van der Waals surface area (Å²) >= 11 is 1.69. The van der Waals surface area contributed by atoms with Gasteiger partial charge in [-0.25, -0.2) is 0 Å². The van der Waals surface area contributed by atoms with Crippen LogP contribution in [0.4, 0.5) is 0 Å². The van der Waals surface area contributed by atoms with E-state index in [2.05, 4.69) is 10.1 Å². The number of rotatable bonds is 3. The summed E-state index contributed by atoms with van der Waals surface area (Å²) < 4.78 is 5.25. The van der Waals surface area contributed by atoms with Gasteiger partial charge < -0.3 is 9.63 Å². The molecule has 1 N–H and O–H groups in total. The highest BCUT2D eigenvalue weighted by molar-refractivity contribution is 7.98. The van der Waals surface area contributed by atoms with Crippen molar-refractivity contribution in [3.05, 3.63) is 48.5 Å². The molecule has 0 aliphatic carbocycles. The molecule has 5 heteroatoms. The van der Waals surface area contributed by atoms with Crippen LogP contribution in [0.2, 0.25) is 0 Å². The van der Waals surface area contributed by atoms with Gasteiger partial charge in [0.15, 0.2) is 0 Å². The smallest absolute Gasteiger partial charge is 0.258 e. The Morgan fingerprint density at radius 3 is 2.25 bits per heavy atom. The van der Waals surface area contributed by atoms with Crippen molar-refractivity contribution < 1.29 is 9.63 Å². The molecule has 0 bridgehead atoms. The molecule has 0 aliphatic rings. The third-order valence-corrected chi connectivity index (χ3v) is 3.63. The van der Waals surface area contributed by atoms with Crippen LogP contribution in [-0.2, 0) is 0 Å². The lowest BCUT2D eigenvalue weighted by Gasteiger charge is -1.97. The van der Waals surface area contributed by atoms with Crippen molar-refractivity contribution in [2.45, 2.75) is 4.90 Å². The Morgan fingerprint density at radius 1 is 0.950 bits per heavy atom. The van der Waals surface area contributed by atoms with Crippen molar-refractivity contribution in [1.82, 2.24) is 10.1 Å². The fraction of sp³-hybridized carbons (Fsp3) is 0.0667. The van der Waals surface area contributed by atoms with E-state index < -0.39 is 0 Å². The highest BCUT2D eigenvalue weighted by Crippen LogP contribution is 2.25. The van der Waals surface area contributed by atoms with Crippen molar-refractivity contribution >= 4 is 11.8 Å². The largest absolute Gasteiger partial charge is 0.508 e. The molecule has 0 atom stereocenters. The van der Waals surface area contributed by atoms with Crippen LogP contribution in [0.25, 0.3) is 22.8 Å². The molecule has 2 aromatic carbocycles. The first-order valence-electron chi connectivity index (χ1n) is 6.04. The second kappa shape index (κ2) is 5.38. The molecule has 20 heavy (non-hydrogen) atoms. The lowest BCUT2D eigenvalue weighted by molar-refractivity contribution is 0.432. The highest BCUT2D eigenvalue weighted by Gasteiger charge is 2.10. The van der Waals surface area contributed by atoms with Gasteiger partial charge >= 0.3 is 0 Å². The second-order valence-corrected chi connectivity index (χ2v) is 5.08. The molecule has 0 saturated heterocycles. The van der Waals surface area contributed by atoms with Crippen LogP contribution < -0.4 is 0 Å². The Kier molecular flexibility index (Phi) is 3.43. The maximum Gasteiger partial charge on any atom is 0.258 e. The molecule has 3 aromatic rings. The van der Waals surface area contributed by atoms with Crippen LogP contribution in [0.5, 0.6) is 5.75 Å². The first kappa shape index (κ1) is 12.7. The second-order valence-electron chi connectivity index (χ2n) is 4.20. The van der Waals surface area contributed by atoms with Crippen LogP contribution in [-0.4, -0.2) is 21.5 Å². The molecule has 0 amide bonds. The lowest BCUT2D eigenvalue weighted by atomic mass is 10.2. The van der Waals surface area contributed by atoms with E-state index >= 15 is 0 Å². The van der Waals surface area contributed by atoms with Crippen molar-refractivity contribution in [2.24, 2.45) is 0 Å². The molecule has 1 heterocycles. The van der Waals surface area contributed by atoms with Gasteiger partial charge in [-0.15, -0.1) is 11.8 Å².